The van der Waals surface area contributed by atoms with E-state index < -0.39 is 11.6 Å². The highest BCUT2D eigenvalue weighted by Crippen LogP contribution is 2.39. The summed E-state index contributed by atoms with van der Waals surface area (Å²) in [5, 5.41) is 6.87. The van der Waals surface area contributed by atoms with Gasteiger partial charge in [0, 0.05) is 16.3 Å². The van der Waals surface area contributed by atoms with Crippen molar-refractivity contribution >= 4 is 40.5 Å². The number of carbonyl (C=O) groups excluding carboxylic acids is 3. The molecule has 0 unspecified atom stereocenters. The molecule has 2 aliphatic rings. The first-order valence-electron chi connectivity index (χ1n) is 9.54. The van der Waals surface area contributed by atoms with E-state index in [2.05, 4.69) is 16.8 Å². The van der Waals surface area contributed by atoms with E-state index in [1.54, 1.807) is 22.7 Å². The van der Waals surface area contributed by atoms with Gasteiger partial charge in [0.2, 0.25) is 5.91 Å². The third kappa shape index (κ3) is 2.95. The molecule has 148 valence electrons. The number of fused-ring (bicyclic) bond motifs is 1. The Morgan fingerprint density at radius 3 is 2.64 bits per heavy atom. The van der Waals surface area contributed by atoms with Gasteiger partial charge >= 0.3 is 6.03 Å². The van der Waals surface area contributed by atoms with Crippen LogP contribution in [0.5, 0.6) is 0 Å². The zero-order valence-electron chi connectivity index (χ0n) is 15.9. The Balaban J connectivity index is 1.59. The van der Waals surface area contributed by atoms with E-state index in [-0.39, 0.29) is 24.4 Å². The predicted molar refractivity (Wildman–Crippen MR) is 109 cm³/mol. The van der Waals surface area contributed by atoms with Crippen LogP contribution in [0.25, 0.3) is 0 Å². The van der Waals surface area contributed by atoms with E-state index >= 15 is 0 Å². The van der Waals surface area contributed by atoms with Gasteiger partial charge in [-0.1, -0.05) is 19.9 Å². The van der Waals surface area contributed by atoms with E-state index in [1.807, 2.05) is 36.3 Å². The average Bonchev–Trinajstić information content (AvgIpc) is 3.43. The smallest absolute Gasteiger partial charge is 0.325 e. The lowest BCUT2D eigenvalue weighted by Gasteiger charge is -2.36. The van der Waals surface area contributed by atoms with Crippen molar-refractivity contribution in [2.24, 2.45) is 0 Å². The van der Waals surface area contributed by atoms with E-state index in [1.165, 1.54) is 4.88 Å². The first kappa shape index (κ1) is 19.1. The number of urea groups is 1. The van der Waals surface area contributed by atoms with Crippen LogP contribution < -0.4 is 5.32 Å². The number of rotatable bonds is 5. The maximum absolute atomic E-state index is 13.2. The Labute approximate surface area is 172 Å². The molecule has 0 saturated carbocycles. The number of nitrogens with one attached hydrogen (secondary N) is 1. The molecule has 0 radical (unpaired) electrons. The summed E-state index contributed by atoms with van der Waals surface area (Å²) in [6.07, 6.45) is 1.83. The molecule has 2 aromatic rings. The zero-order valence-corrected chi connectivity index (χ0v) is 17.6. The van der Waals surface area contributed by atoms with Crippen molar-refractivity contribution in [3.63, 3.8) is 0 Å². The maximum atomic E-state index is 13.2. The molecule has 1 fully saturated rings. The number of amides is 4. The second kappa shape index (κ2) is 7.33. The molecular weight excluding hydrogens is 394 g/mol. The van der Waals surface area contributed by atoms with Gasteiger partial charge in [-0.25, -0.2) is 4.79 Å². The molecule has 0 spiro atoms. The van der Waals surface area contributed by atoms with Crippen molar-refractivity contribution < 1.29 is 14.4 Å². The minimum Gasteiger partial charge on any atom is -0.329 e. The van der Waals surface area contributed by atoms with Crippen LogP contribution in [0.1, 0.15) is 48.0 Å². The molecule has 2 aromatic heterocycles. The normalized spacial score (nSPS) is 21.0. The Kier molecular flexibility index (Phi) is 5.01. The summed E-state index contributed by atoms with van der Waals surface area (Å²) >= 11 is 3.34. The largest absolute Gasteiger partial charge is 0.329 e. The highest BCUT2D eigenvalue weighted by Gasteiger charge is 2.49. The van der Waals surface area contributed by atoms with Crippen LogP contribution in [0.15, 0.2) is 29.0 Å². The monoisotopic (exact) mass is 417 g/mol. The molecule has 1 N–H and O–H groups in total. The van der Waals surface area contributed by atoms with Crippen molar-refractivity contribution in [1.82, 2.24) is 15.1 Å². The molecule has 0 bridgehead atoms. The first-order valence-corrected chi connectivity index (χ1v) is 11.3. The van der Waals surface area contributed by atoms with Gasteiger partial charge < -0.3 is 10.2 Å². The van der Waals surface area contributed by atoms with Crippen molar-refractivity contribution in [1.29, 1.82) is 0 Å². The summed E-state index contributed by atoms with van der Waals surface area (Å²) in [5.41, 5.74) is 0.271. The second-order valence-corrected chi connectivity index (χ2v) is 9.14. The summed E-state index contributed by atoms with van der Waals surface area (Å²) in [6.45, 7) is 4.13. The lowest BCUT2D eigenvalue weighted by atomic mass is 9.93. The molecule has 4 rings (SSSR count). The zero-order chi connectivity index (χ0) is 19.9. The van der Waals surface area contributed by atoms with Crippen LogP contribution in [0.3, 0.4) is 0 Å². The number of hydrogen-bond acceptors (Lipinski definition) is 5. The van der Waals surface area contributed by atoms with Crippen LogP contribution in [0, 0.1) is 0 Å². The third-order valence-electron chi connectivity index (χ3n) is 5.85. The van der Waals surface area contributed by atoms with Crippen LogP contribution in [-0.4, -0.2) is 46.3 Å². The molecule has 2 aliphatic heterocycles. The molecule has 0 aliphatic carbocycles. The van der Waals surface area contributed by atoms with Crippen LogP contribution in [0.4, 0.5) is 4.79 Å². The minimum atomic E-state index is -0.882. The molecule has 6 nitrogen and oxygen atoms in total. The summed E-state index contributed by atoms with van der Waals surface area (Å²) < 4.78 is 0. The molecule has 4 heterocycles. The highest BCUT2D eigenvalue weighted by atomic mass is 32.1. The van der Waals surface area contributed by atoms with Gasteiger partial charge in [-0.3, -0.25) is 14.5 Å². The standard InChI is InChI=1S/C20H23N3O3S2/c1-3-20(4-2)18(25)23(19(26)21-20)12-16(24)22-9-7-14-13(8-11-28-14)17(22)15-6-5-10-27-15/h5-6,8,10-11,17H,3-4,7,9,12H2,1-2H3,(H,21,26)/t17-/m1/s1. The van der Waals surface area contributed by atoms with Gasteiger partial charge in [0.25, 0.3) is 5.91 Å². The summed E-state index contributed by atoms with van der Waals surface area (Å²) in [6, 6.07) is 5.48. The van der Waals surface area contributed by atoms with Crippen LogP contribution >= 0.6 is 22.7 Å². The Morgan fingerprint density at radius 2 is 2.00 bits per heavy atom. The van der Waals surface area contributed by atoms with E-state index in [4.69, 9.17) is 0 Å². The van der Waals surface area contributed by atoms with Gasteiger partial charge in [-0.15, -0.1) is 22.7 Å². The Morgan fingerprint density at radius 1 is 1.21 bits per heavy atom. The number of nitrogens with zero attached hydrogens (tertiary/aromatic N) is 2. The minimum absolute atomic E-state index is 0.148. The van der Waals surface area contributed by atoms with Crippen molar-refractivity contribution in [2.75, 3.05) is 13.1 Å². The highest BCUT2D eigenvalue weighted by molar-refractivity contribution is 7.10. The van der Waals surface area contributed by atoms with Crippen molar-refractivity contribution in [3.05, 3.63) is 44.3 Å². The Bertz CT molecular complexity index is 902. The lowest BCUT2D eigenvalue weighted by Crippen LogP contribution is -2.48. The molecule has 1 saturated heterocycles. The van der Waals surface area contributed by atoms with Crippen LogP contribution in [0.2, 0.25) is 0 Å². The number of hydrogen-bond donors (Lipinski definition) is 1. The maximum Gasteiger partial charge on any atom is 0.325 e. The Hall–Kier alpha value is -2.19. The number of thiophene rings is 2. The molecule has 28 heavy (non-hydrogen) atoms. The summed E-state index contributed by atoms with van der Waals surface area (Å²) in [5.74, 6) is -0.487. The van der Waals surface area contributed by atoms with E-state index in [0.717, 1.165) is 21.8 Å². The van der Waals surface area contributed by atoms with Crippen molar-refractivity contribution in [3.8, 4) is 0 Å². The predicted octanol–water partition coefficient (Wildman–Crippen LogP) is 3.39. The van der Waals surface area contributed by atoms with E-state index in [0.29, 0.717) is 19.4 Å². The first-order chi connectivity index (χ1) is 13.5. The fraction of sp³-hybridized carbons (Fsp3) is 0.450. The van der Waals surface area contributed by atoms with Gasteiger partial charge in [0.05, 0.1) is 6.04 Å². The number of carbonyl (C=O) groups is 3. The van der Waals surface area contributed by atoms with Gasteiger partial charge in [-0.2, -0.15) is 0 Å². The summed E-state index contributed by atoms with van der Waals surface area (Å²) in [7, 11) is 0. The van der Waals surface area contributed by atoms with Crippen LogP contribution in [-0.2, 0) is 16.0 Å². The molecule has 0 aromatic carbocycles. The number of imide groups is 1. The molecular formula is C20H23N3O3S2. The fourth-order valence-electron chi connectivity index (χ4n) is 4.11. The molecule has 4 amide bonds. The molecule has 1 atom stereocenters. The van der Waals surface area contributed by atoms with Gasteiger partial charge in [0.1, 0.15) is 12.1 Å². The van der Waals surface area contributed by atoms with E-state index in [9.17, 15) is 14.4 Å². The van der Waals surface area contributed by atoms with Gasteiger partial charge in [0.15, 0.2) is 0 Å². The SMILES string of the molecule is CCC1(CC)NC(=O)N(CC(=O)N2CCc3sccc3[C@@H]2c2cccs2)C1=O. The fourth-order valence-corrected chi connectivity index (χ4v) is 5.87. The lowest BCUT2D eigenvalue weighted by molar-refractivity contribution is -0.140. The molecule has 8 heteroatoms. The quantitative estimate of drug-likeness (QED) is 0.758. The summed E-state index contributed by atoms with van der Waals surface area (Å²) in [4.78, 5) is 43.8. The average molecular weight is 418 g/mol. The third-order valence-corrected chi connectivity index (χ3v) is 7.77. The van der Waals surface area contributed by atoms with Gasteiger partial charge in [-0.05, 0) is 47.7 Å². The van der Waals surface area contributed by atoms with Crippen molar-refractivity contribution in [2.45, 2.75) is 44.7 Å². The second-order valence-electron chi connectivity index (χ2n) is 7.16. The topological polar surface area (TPSA) is 69.7 Å².